The van der Waals surface area contributed by atoms with Crippen molar-refractivity contribution in [2.24, 2.45) is 11.8 Å². The molecule has 7 heteroatoms. The van der Waals surface area contributed by atoms with Crippen molar-refractivity contribution in [2.45, 2.75) is 52.9 Å². The van der Waals surface area contributed by atoms with E-state index in [1.807, 2.05) is 48.5 Å². The fourth-order valence-electron chi connectivity index (χ4n) is 4.83. The molecule has 7 nitrogen and oxygen atoms in total. The van der Waals surface area contributed by atoms with Gasteiger partial charge in [0.15, 0.2) is 0 Å². The smallest absolute Gasteiger partial charge is 0.323 e. The van der Waals surface area contributed by atoms with Gasteiger partial charge in [-0.25, -0.2) is 9.78 Å². The summed E-state index contributed by atoms with van der Waals surface area (Å²) in [5, 5.41) is 5.74. The molecule has 1 aliphatic rings. The van der Waals surface area contributed by atoms with Gasteiger partial charge in [-0.2, -0.15) is 0 Å². The molecule has 2 aromatic carbocycles. The van der Waals surface area contributed by atoms with Crippen LogP contribution in [0.3, 0.4) is 0 Å². The minimum Gasteiger partial charge on any atom is -0.493 e. The van der Waals surface area contributed by atoms with E-state index in [2.05, 4.69) is 55.1 Å². The number of hydrogen-bond acceptors (Lipinski definition) is 5. The monoisotopic (exact) mass is 530 g/mol. The van der Waals surface area contributed by atoms with E-state index in [4.69, 9.17) is 9.47 Å². The number of aromatic nitrogens is 1. The molecule has 1 saturated heterocycles. The molecule has 0 aliphatic carbocycles. The Kier molecular flexibility index (Phi) is 9.46. The highest BCUT2D eigenvalue weighted by Crippen LogP contribution is 2.35. The Labute approximate surface area is 232 Å². The third-order valence-corrected chi connectivity index (χ3v) is 6.85. The number of hydrogen-bond donors (Lipinski definition) is 2. The van der Waals surface area contributed by atoms with Gasteiger partial charge < -0.3 is 25.0 Å². The van der Waals surface area contributed by atoms with Crippen LogP contribution in [0, 0.1) is 11.8 Å². The van der Waals surface area contributed by atoms with E-state index in [9.17, 15) is 4.79 Å². The van der Waals surface area contributed by atoms with Gasteiger partial charge in [-0.1, -0.05) is 52.8 Å². The Morgan fingerprint density at radius 2 is 1.72 bits per heavy atom. The summed E-state index contributed by atoms with van der Waals surface area (Å²) in [6, 6.07) is 18.5. The summed E-state index contributed by atoms with van der Waals surface area (Å²) in [6.07, 6.45) is 3.99. The number of nitrogens with zero attached hydrogens (tertiary/aromatic N) is 2. The van der Waals surface area contributed by atoms with E-state index in [1.165, 1.54) is 19.4 Å². The second kappa shape index (κ2) is 13.0. The first-order valence-corrected chi connectivity index (χ1v) is 13.9. The lowest BCUT2D eigenvalue weighted by Crippen LogP contribution is -2.37. The van der Waals surface area contributed by atoms with E-state index in [-0.39, 0.29) is 11.4 Å². The highest BCUT2D eigenvalue weighted by atomic mass is 16.5. The number of nitrogens with one attached hydrogen (secondary N) is 2. The van der Waals surface area contributed by atoms with Crippen molar-refractivity contribution in [3.8, 4) is 17.4 Å². The number of anilines is 2. The van der Waals surface area contributed by atoms with Crippen LogP contribution in [0.15, 0.2) is 66.9 Å². The maximum Gasteiger partial charge on any atom is 0.323 e. The summed E-state index contributed by atoms with van der Waals surface area (Å²) in [5.41, 5.74) is 2.12. The lowest BCUT2D eigenvalue weighted by atomic mass is 9.86. The van der Waals surface area contributed by atoms with Gasteiger partial charge in [-0.15, -0.1) is 0 Å². The molecule has 208 valence electrons. The van der Waals surface area contributed by atoms with Gasteiger partial charge in [0.05, 0.1) is 6.61 Å². The van der Waals surface area contributed by atoms with Crippen LogP contribution >= 0.6 is 0 Å². The van der Waals surface area contributed by atoms with E-state index >= 15 is 0 Å². The molecule has 2 N–H and O–H groups in total. The van der Waals surface area contributed by atoms with Crippen LogP contribution in [0.4, 0.5) is 16.2 Å². The molecular weight excluding hydrogens is 488 g/mol. The predicted octanol–water partition coefficient (Wildman–Crippen LogP) is 7.56. The Morgan fingerprint density at radius 3 is 2.41 bits per heavy atom. The number of amides is 2. The zero-order chi connectivity index (χ0) is 27.8. The number of para-hydroxylation sites is 1. The SMILES string of the molecule is CC(C)CN1CCC(COc2ccc(NC(=O)Nc3cccnc3Oc3ccccc3C(C)(C)C)cc2)CC1. The van der Waals surface area contributed by atoms with E-state index in [1.54, 1.807) is 18.3 Å². The van der Waals surface area contributed by atoms with Crippen molar-refractivity contribution in [1.29, 1.82) is 0 Å². The minimum atomic E-state index is -0.376. The minimum absolute atomic E-state index is 0.0999. The summed E-state index contributed by atoms with van der Waals surface area (Å²) < 4.78 is 12.2. The molecule has 0 spiro atoms. The summed E-state index contributed by atoms with van der Waals surface area (Å²) in [5.74, 6) is 3.16. The zero-order valence-corrected chi connectivity index (χ0v) is 23.9. The van der Waals surface area contributed by atoms with Crippen molar-refractivity contribution in [1.82, 2.24) is 9.88 Å². The van der Waals surface area contributed by atoms with Gasteiger partial charge in [0, 0.05) is 24.0 Å². The number of ether oxygens (including phenoxy) is 2. The molecule has 1 fully saturated rings. The lowest BCUT2D eigenvalue weighted by Gasteiger charge is -2.32. The molecule has 0 atom stereocenters. The normalized spacial score (nSPS) is 14.7. The molecule has 2 amide bonds. The average molecular weight is 531 g/mol. The maximum absolute atomic E-state index is 12.8. The van der Waals surface area contributed by atoms with Crippen LogP contribution in [0.2, 0.25) is 0 Å². The van der Waals surface area contributed by atoms with Crippen LogP contribution < -0.4 is 20.1 Å². The van der Waals surface area contributed by atoms with Crippen molar-refractivity contribution in [2.75, 3.05) is 36.9 Å². The fraction of sp³-hybridized carbons (Fsp3) is 0.438. The lowest BCUT2D eigenvalue weighted by molar-refractivity contribution is 0.132. The fourth-order valence-corrected chi connectivity index (χ4v) is 4.83. The second-order valence-corrected chi connectivity index (χ2v) is 11.8. The molecule has 2 heterocycles. The van der Waals surface area contributed by atoms with Crippen molar-refractivity contribution in [3.05, 3.63) is 72.4 Å². The predicted molar refractivity (Wildman–Crippen MR) is 158 cm³/mol. The van der Waals surface area contributed by atoms with Crippen LogP contribution in [-0.4, -0.2) is 42.2 Å². The third-order valence-electron chi connectivity index (χ3n) is 6.85. The number of benzene rings is 2. The maximum atomic E-state index is 12.8. The molecule has 3 aromatic rings. The van der Waals surface area contributed by atoms with Crippen LogP contribution in [0.1, 0.15) is 53.0 Å². The molecule has 0 bridgehead atoms. The number of carbonyl (C=O) groups excluding carboxylic acids is 1. The number of rotatable bonds is 9. The number of likely N-dealkylation sites (tertiary alicyclic amines) is 1. The average Bonchev–Trinajstić information content (AvgIpc) is 2.90. The van der Waals surface area contributed by atoms with Gasteiger partial charge in [0.2, 0.25) is 5.88 Å². The summed E-state index contributed by atoms with van der Waals surface area (Å²) in [6.45, 7) is 15.1. The topological polar surface area (TPSA) is 75.7 Å². The Balaban J connectivity index is 1.29. The molecule has 1 aromatic heterocycles. The van der Waals surface area contributed by atoms with Crippen molar-refractivity contribution in [3.63, 3.8) is 0 Å². The van der Waals surface area contributed by atoms with E-state index < -0.39 is 0 Å². The standard InChI is InChI=1S/C32H42N4O3/c1-23(2)21-36-19-16-24(17-20-36)22-38-26-14-12-25(13-15-26)34-31(37)35-28-10-8-18-33-30(28)39-29-11-7-6-9-27(29)32(3,4)5/h6-15,18,23-24H,16-17,19-22H2,1-5H3,(H2,34,35,37). The number of carbonyl (C=O) groups is 1. The first kappa shape index (κ1) is 28.4. The number of piperidine rings is 1. The Bertz CT molecular complexity index is 1210. The van der Waals surface area contributed by atoms with E-state index in [0.717, 1.165) is 31.0 Å². The molecule has 0 unspecified atom stereocenters. The van der Waals surface area contributed by atoms with Crippen molar-refractivity contribution >= 4 is 17.4 Å². The van der Waals surface area contributed by atoms with Crippen LogP contribution in [-0.2, 0) is 5.41 Å². The number of urea groups is 1. The second-order valence-electron chi connectivity index (χ2n) is 11.8. The van der Waals surface area contributed by atoms with Crippen LogP contribution in [0.25, 0.3) is 0 Å². The summed E-state index contributed by atoms with van der Waals surface area (Å²) in [7, 11) is 0. The molecule has 4 rings (SSSR count). The van der Waals surface area contributed by atoms with Gasteiger partial charge in [-0.3, -0.25) is 0 Å². The Hall–Kier alpha value is -3.58. The van der Waals surface area contributed by atoms with Crippen molar-refractivity contribution < 1.29 is 14.3 Å². The van der Waals surface area contributed by atoms with Gasteiger partial charge >= 0.3 is 6.03 Å². The first-order valence-electron chi connectivity index (χ1n) is 13.9. The van der Waals surface area contributed by atoms with Gasteiger partial charge in [0.25, 0.3) is 0 Å². The summed E-state index contributed by atoms with van der Waals surface area (Å²) in [4.78, 5) is 19.7. The molecular formula is C32H42N4O3. The largest absolute Gasteiger partial charge is 0.493 e. The highest BCUT2D eigenvalue weighted by Gasteiger charge is 2.21. The van der Waals surface area contributed by atoms with Crippen LogP contribution in [0.5, 0.6) is 17.4 Å². The van der Waals surface area contributed by atoms with Gasteiger partial charge in [0.1, 0.15) is 17.2 Å². The Morgan fingerprint density at radius 1 is 1.00 bits per heavy atom. The first-order chi connectivity index (χ1) is 18.7. The molecule has 0 radical (unpaired) electrons. The third kappa shape index (κ3) is 8.45. The van der Waals surface area contributed by atoms with E-state index in [0.29, 0.717) is 34.8 Å². The molecule has 1 aliphatic heterocycles. The zero-order valence-electron chi connectivity index (χ0n) is 23.9. The molecule has 0 saturated carbocycles. The quantitative estimate of drug-likeness (QED) is 0.298. The number of pyridine rings is 1. The molecule has 39 heavy (non-hydrogen) atoms. The van der Waals surface area contributed by atoms with Gasteiger partial charge in [-0.05, 0) is 85.6 Å². The highest BCUT2D eigenvalue weighted by molar-refractivity contribution is 6.00. The summed E-state index contributed by atoms with van der Waals surface area (Å²) >= 11 is 0.